The van der Waals surface area contributed by atoms with Crippen LogP contribution in [0.1, 0.15) is 28.4 Å². The van der Waals surface area contributed by atoms with Gasteiger partial charge in [0, 0.05) is 11.3 Å². The van der Waals surface area contributed by atoms with E-state index in [-0.39, 0.29) is 6.54 Å². The normalized spacial score (nSPS) is 11.2. The molecule has 0 saturated heterocycles. The Balaban J connectivity index is 1.87. The lowest BCUT2D eigenvalue weighted by molar-refractivity contribution is -0.152. The molecule has 0 aliphatic carbocycles. The highest BCUT2D eigenvalue weighted by atomic mass is 16.5. The Bertz CT molecular complexity index is 941. The molecular weight excluding hydrogens is 388 g/mol. The van der Waals surface area contributed by atoms with Crippen molar-refractivity contribution in [3.8, 4) is 11.5 Å². The lowest BCUT2D eigenvalue weighted by Crippen LogP contribution is -2.36. The summed E-state index contributed by atoms with van der Waals surface area (Å²) in [6.07, 6.45) is -1.02. The number of carbonyl (C=O) groups excluding carboxylic acids is 3. The summed E-state index contributed by atoms with van der Waals surface area (Å²) in [7, 11) is 2.95. The van der Waals surface area contributed by atoms with Gasteiger partial charge in [-0.1, -0.05) is 17.7 Å². The molecule has 0 saturated carbocycles. The van der Waals surface area contributed by atoms with Gasteiger partial charge in [0.25, 0.3) is 11.8 Å². The zero-order valence-electron chi connectivity index (χ0n) is 17.7. The molecule has 2 N–H and O–H groups in total. The van der Waals surface area contributed by atoms with E-state index < -0.39 is 23.9 Å². The molecule has 8 heteroatoms. The van der Waals surface area contributed by atoms with Crippen LogP contribution in [-0.2, 0) is 14.3 Å². The second-order valence-corrected chi connectivity index (χ2v) is 6.69. The average molecular weight is 414 g/mol. The van der Waals surface area contributed by atoms with Crippen molar-refractivity contribution in [2.24, 2.45) is 0 Å². The number of amides is 2. The van der Waals surface area contributed by atoms with Crippen molar-refractivity contribution >= 4 is 23.5 Å². The van der Waals surface area contributed by atoms with Crippen LogP contribution < -0.4 is 20.1 Å². The molecule has 0 aliphatic rings. The summed E-state index contributed by atoms with van der Waals surface area (Å²) in [6, 6.07) is 10.2. The van der Waals surface area contributed by atoms with Crippen LogP contribution in [0, 0.1) is 13.8 Å². The third kappa shape index (κ3) is 5.97. The van der Waals surface area contributed by atoms with E-state index in [1.54, 1.807) is 18.2 Å². The summed E-state index contributed by atoms with van der Waals surface area (Å²) in [4.78, 5) is 36.5. The fourth-order valence-corrected chi connectivity index (χ4v) is 2.71. The average Bonchev–Trinajstić information content (AvgIpc) is 2.73. The maximum atomic E-state index is 12.3. The Morgan fingerprint density at radius 1 is 0.967 bits per heavy atom. The van der Waals surface area contributed by atoms with E-state index in [4.69, 9.17) is 14.2 Å². The molecule has 2 aromatic carbocycles. The minimum atomic E-state index is -1.02. The van der Waals surface area contributed by atoms with Crippen molar-refractivity contribution in [1.29, 1.82) is 0 Å². The molecule has 8 nitrogen and oxygen atoms in total. The number of anilines is 1. The molecule has 0 spiro atoms. The van der Waals surface area contributed by atoms with Crippen LogP contribution in [-0.4, -0.2) is 44.7 Å². The zero-order valence-corrected chi connectivity index (χ0v) is 17.7. The smallest absolute Gasteiger partial charge is 0.326 e. The molecule has 1 atom stereocenters. The summed E-state index contributed by atoms with van der Waals surface area (Å²) in [5.74, 6) is -0.796. The Morgan fingerprint density at radius 2 is 1.67 bits per heavy atom. The second kappa shape index (κ2) is 10.3. The third-order valence-electron chi connectivity index (χ3n) is 4.36. The summed E-state index contributed by atoms with van der Waals surface area (Å²) < 4.78 is 15.4. The maximum Gasteiger partial charge on any atom is 0.326 e. The molecular formula is C22H26N2O6. The second-order valence-electron chi connectivity index (χ2n) is 6.69. The number of ether oxygens (including phenoxy) is 3. The van der Waals surface area contributed by atoms with Crippen molar-refractivity contribution in [1.82, 2.24) is 5.32 Å². The molecule has 2 rings (SSSR count). The third-order valence-corrected chi connectivity index (χ3v) is 4.36. The van der Waals surface area contributed by atoms with Gasteiger partial charge in [0.15, 0.2) is 17.6 Å². The Morgan fingerprint density at radius 3 is 2.30 bits per heavy atom. The van der Waals surface area contributed by atoms with Crippen LogP contribution in [0.2, 0.25) is 0 Å². The van der Waals surface area contributed by atoms with Crippen molar-refractivity contribution in [3.05, 3.63) is 53.1 Å². The van der Waals surface area contributed by atoms with Gasteiger partial charge >= 0.3 is 5.97 Å². The summed E-state index contributed by atoms with van der Waals surface area (Å²) in [5.41, 5.74) is 2.93. The standard InChI is InChI=1S/C22H26N2O6/c1-13-6-8-17(14(2)10-13)24-21(26)15(3)30-20(25)12-23-22(27)16-7-9-18(28-4)19(11-16)29-5/h6-11,15H,12H2,1-5H3,(H,23,27)(H,24,26). The first kappa shape index (κ1) is 22.7. The van der Waals surface area contributed by atoms with Crippen molar-refractivity contribution in [3.63, 3.8) is 0 Å². The Kier molecular flexibility index (Phi) is 7.80. The van der Waals surface area contributed by atoms with Gasteiger partial charge in [0.2, 0.25) is 0 Å². The van der Waals surface area contributed by atoms with Gasteiger partial charge in [-0.2, -0.15) is 0 Å². The van der Waals surface area contributed by atoms with E-state index in [0.29, 0.717) is 22.7 Å². The number of aryl methyl sites for hydroxylation is 2. The first-order valence-electron chi connectivity index (χ1n) is 9.33. The fraction of sp³-hybridized carbons (Fsp3) is 0.318. The number of benzene rings is 2. The molecule has 2 amide bonds. The molecule has 0 bridgehead atoms. The largest absolute Gasteiger partial charge is 0.493 e. The predicted octanol–water partition coefficient (Wildman–Crippen LogP) is 2.62. The highest BCUT2D eigenvalue weighted by molar-refractivity contribution is 5.98. The summed E-state index contributed by atoms with van der Waals surface area (Å²) in [6.45, 7) is 4.92. The van der Waals surface area contributed by atoms with Crippen LogP contribution in [0.4, 0.5) is 5.69 Å². The van der Waals surface area contributed by atoms with Gasteiger partial charge < -0.3 is 24.8 Å². The Labute approximate surface area is 175 Å². The topological polar surface area (TPSA) is 103 Å². The van der Waals surface area contributed by atoms with Crippen LogP contribution >= 0.6 is 0 Å². The minimum Gasteiger partial charge on any atom is -0.493 e. The van der Waals surface area contributed by atoms with Crippen molar-refractivity contribution in [2.75, 3.05) is 26.1 Å². The molecule has 0 fully saturated rings. The highest BCUT2D eigenvalue weighted by Crippen LogP contribution is 2.27. The van der Waals surface area contributed by atoms with Crippen molar-refractivity contribution < 1.29 is 28.6 Å². The summed E-state index contributed by atoms with van der Waals surface area (Å²) >= 11 is 0. The van der Waals surface area contributed by atoms with Crippen LogP contribution in [0.5, 0.6) is 11.5 Å². The van der Waals surface area contributed by atoms with E-state index in [9.17, 15) is 14.4 Å². The molecule has 0 heterocycles. The van der Waals surface area contributed by atoms with Gasteiger partial charge in [-0.3, -0.25) is 14.4 Å². The van der Waals surface area contributed by atoms with Gasteiger partial charge in [-0.05, 0) is 50.6 Å². The predicted molar refractivity (Wildman–Crippen MR) is 112 cm³/mol. The van der Waals surface area contributed by atoms with E-state index in [1.165, 1.54) is 27.2 Å². The number of esters is 1. The maximum absolute atomic E-state index is 12.3. The molecule has 1 unspecified atom stereocenters. The monoisotopic (exact) mass is 414 g/mol. The number of hydrogen-bond donors (Lipinski definition) is 2. The molecule has 0 aromatic heterocycles. The van der Waals surface area contributed by atoms with E-state index in [1.807, 2.05) is 26.0 Å². The molecule has 0 radical (unpaired) electrons. The lowest BCUT2D eigenvalue weighted by Gasteiger charge is -2.15. The molecule has 2 aromatic rings. The highest BCUT2D eigenvalue weighted by Gasteiger charge is 2.19. The van der Waals surface area contributed by atoms with Gasteiger partial charge in [0.1, 0.15) is 6.54 Å². The molecule has 30 heavy (non-hydrogen) atoms. The molecule has 0 aliphatic heterocycles. The van der Waals surface area contributed by atoms with Crippen LogP contribution in [0.15, 0.2) is 36.4 Å². The fourth-order valence-electron chi connectivity index (χ4n) is 2.71. The Hall–Kier alpha value is -3.55. The van der Waals surface area contributed by atoms with E-state index in [0.717, 1.165) is 11.1 Å². The van der Waals surface area contributed by atoms with Crippen molar-refractivity contribution in [2.45, 2.75) is 26.9 Å². The van der Waals surface area contributed by atoms with E-state index in [2.05, 4.69) is 10.6 Å². The number of nitrogens with one attached hydrogen (secondary N) is 2. The molecule has 160 valence electrons. The van der Waals surface area contributed by atoms with Crippen LogP contribution in [0.25, 0.3) is 0 Å². The lowest BCUT2D eigenvalue weighted by atomic mass is 10.1. The van der Waals surface area contributed by atoms with Gasteiger partial charge in [-0.25, -0.2) is 0 Å². The number of carbonyl (C=O) groups is 3. The van der Waals surface area contributed by atoms with Gasteiger partial charge in [-0.15, -0.1) is 0 Å². The first-order valence-corrected chi connectivity index (χ1v) is 9.33. The number of hydrogen-bond acceptors (Lipinski definition) is 6. The zero-order chi connectivity index (χ0) is 22.3. The SMILES string of the molecule is COc1ccc(C(=O)NCC(=O)OC(C)C(=O)Nc2ccc(C)cc2C)cc1OC. The number of methoxy groups -OCH3 is 2. The first-order chi connectivity index (χ1) is 14.2. The van der Waals surface area contributed by atoms with Crippen LogP contribution in [0.3, 0.4) is 0 Å². The minimum absolute atomic E-state index is 0.293. The number of rotatable bonds is 8. The quantitative estimate of drug-likeness (QED) is 0.644. The van der Waals surface area contributed by atoms with E-state index >= 15 is 0 Å². The van der Waals surface area contributed by atoms with Gasteiger partial charge in [0.05, 0.1) is 14.2 Å². The summed E-state index contributed by atoms with van der Waals surface area (Å²) in [5, 5.41) is 5.18.